The summed E-state index contributed by atoms with van der Waals surface area (Å²) < 4.78 is 25.7. The molecule has 1 N–H and O–H groups in total. The Labute approximate surface area is 170 Å². The molecule has 2 rings (SSSR count). The highest BCUT2D eigenvalue weighted by Crippen LogP contribution is 2.28. The quantitative estimate of drug-likeness (QED) is 0.743. The van der Waals surface area contributed by atoms with Crippen LogP contribution in [0.25, 0.3) is 0 Å². The minimum absolute atomic E-state index is 0.237. The first-order valence-electron chi connectivity index (χ1n) is 8.31. The summed E-state index contributed by atoms with van der Waals surface area (Å²) in [6.07, 6.45) is 1.04. The van der Waals surface area contributed by atoms with Crippen LogP contribution in [0.3, 0.4) is 0 Å². The number of carbonyl (C=O) groups is 1. The lowest BCUT2D eigenvalue weighted by Crippen LogP contribution is -2.48. The van der Waals surface area contributed by atoms with Gasteiger partial charge in [-0.05, 0) is 44.5 Å². The Morgan fingerprint density at radius 1 is 1.04 bits per heavy atom. The number of halogens is 2. The third kappa shape index (κ3) is 5.61. The van der Waals surface area contributed by atoms with Gasteiger partial charge in [0.1, 0.15) is 6.04 Å². The molecule has 0 unspecified atom stereocenters. The van der Waals surface area contributed by atoms with E-state index in [-0.39, 0.29) is 21.8 Å². The van der Waals surface area contributed by atoms with Crippen LogP contribution in [-0.4, -0.2) is 26.6 Å². The molecule has 0 bridgehead atoms. The summed E-state index contributed by atoms with van der Waals surface area (Å²) in [5, 5.41) is 3.42. The molecule has 0 saturated carbocycles. The summed E-state index contributed by atoms with van der Waals surface area (Å²) in [5.74, 6) is -0.426. The Morgan fingerprint density at radius 3 is 2.04 bits per heavy atom. The molecule has 0 saturated heterocycles. The van der Waals surface area contributed by atoms with Crippen LogP contribution in [0, 0.1) is 6.92 Å². The molecule has 146 valence electrons. The predicted octanol–water partition coefficient (Wildman–Crippen LogP) is 4.33. The maximum atomic E-state index is 12.7. The number of hydrogen-bond acceptors (Lipinski definition) is 3. The van der Waals surface area contributed by atoms with Crippen molar-refractivity contribution < 1.29 is 13.2 Å². The number of aryl methyl sites for hydroxylation is 1. The van der Waals surface area contributed by atoms with Gasteiger partial charge in [0.15, 0.2) is 0 Å². The van der Waals surface area contributed by atoms with Crippen molar-refractivity contribution >= 4 is 44.8 Å². The SMILES string of the molecule is Cc1ccc([C@H](C)NC(=O)[C@H](C)N(c2cc(Cl)cc(Cl)c2)S(C)(=O)=O)cc1. The highest BCUT2D eigenvalue weighted by molar-refractivity contribution is 7.92. The first-order valence-corrected chi connectivity index (χ1v) is 10.9. The number of rotatable bonds is 6. The van der Waals surface area contributed by atoms with Crippen LogP contribution in [0.15, 0.2) is 42.5 Å². The second-order valence-corrected chi connectivity index (χ2v) is 9.24. The van der Waals surface area contributed by atoms with Crippen LogP contribution >= 0.6 is 23.2 Å². The van der Waals surface area contributed by atoms with E-state index in [2.05, 4.69) is 5.32 Å². The van der Waals surface area contributed by atoms with Crippen molar-refractivity contribution in [2.75, 3.05) is 10.6 Å². The van der Waals surface area contributed by atoms with Gasteiger partial charge in [-0.1, -0.05) is 53.0 Å². The molecular weight excluding hydrogens is 407 g/mol. The lowest BCUT2D eigenvalue weighted by Gasteiger charge is -2.29. The van der Waals surface area contributed by atoms with Crippen LogP contribution in [0.5, 0.6) is 0 Å². The Bertz CT molecular complexity index is 910. The van der Waals surface area contributed by atoms with Crippen molar-refractivity contribution in [1.29, 1.82) is 0 Å². The minimum Gasteiger partial charge on any atom is -0.348 e. The van der Waals surface area contributed by atoms with E-state index in [1.807, 2.05) is 38.1 Å². The van der Waals surface area contributed by atoms with E-state index in [9.17, 15) is 13.2 Å². The summed E-state index contributed by atoms with van der Waals surface area (Å²) in [4.78, 5) is 12.7. The average molecular weight is 429 g/mol. The molecule has 0 aliphatic rings. The van der Waals surface area contributed by atoms with E-state index in [0.29, 0.717) is 0 Å². The largest absolute Gasteiger partial charge is 0.348 e. The molecule has 0 aliphatic carbocycles. The van der Waals surface area contributed by atoms with Crippen molar-refractivity contribution in [3.63, 3.8) is 0 Å². The molecule has 5 nitrogen and oxygen atoms in total. The molecule has 0 radical (unpaired) electrons. The van der Waals surface area contributed by atoms with Gasteiger partial charge in [-0.3, -0.25) is 9.10 Å². The van der Waals surface area contributed by atoms with Crippen LogP contribution in [0.4, 0.5) is 5.69 Å². The van der Waals surface area contributed by atoms with Gasteiger partial charge in [0, 0.05) is 10.0 Å². The van der Waals surface area contributed by atoms with E-state index in [0.717, 1.165) is 21.7 Å². The first-order chi connectivity index (χ1) is 12.5. The molecule has 2 atom stereocenters. The number of sulfonamides is 1. The van der Waals surface area contributed by atoms with Crippen LogP contribution in [-0.2, 0) is 14.8 Å². The molecule has 8 heteroatoms. The second-order valence-electron chi connectivity index (χ2n) is 6.50. The van der Waals surface area contributed by atoms with Gasteiger partial charge >= 0.3 is 0 Å². The number of benzene rings is 2. The van der Waals surface area contributed by atoms with Gasteiger partial charge in [-0.25, -0.2) is 8.42 Å². The summed E-state index contributed by atoms with van der Waals surface area (Å²) in [6.45, 7) is 5.35. The van der Waals surface area contributed by atoms with E-state index in [1.165, 1.54) is 25.1 Å². The molecule has 0 spiro atoms. The third-order valence-corrected chi connectivity index (χ3v) is 5.80. The van der Waals surface area contributed by atoms with E-state index in [1.54, 1.807) is 0 Å². The zero-order valence-corrected chi connectivity index (χ0v) is 17.9. The number of hydrogen-bond donors (Lipinski definition) is 1. The Morgan fingerprint density at radius 2 is 1.56 bits per heavy atom. The summed E-state index contributed by atoms with van der Waals surface area (Å²) in [5.41, 5.74) is 2.28. The Hall–Kier alpha value is -1.76. The van der Waals surface area contributed by atoms with Gasteiger partial charge in [0.25, 0.3) is 0 Å². The van der Waals surface area contributed by atoms with Gasteiger partial charge in [0.2, 0.25) is 15.9 Å². The van der Waals surface area contributed by atoms with Gasteiger partial charge < -0.3 is 5.32 Å². The van der Waals surface area contributed by atoms with Crippen molar-refractivity contribution in [2.24, 2.45) is 0 Å². The summed E-state index contributed by atoms with van der Waals surface area (Å²) in [7, 11) is -3.75. The van der Waals surface area contributed by atoms with E-state index < -0.39 is 22.0 Å². The lowest BCUT2D eigenvalue weighted by molar-refractivity contribution is -0.122. The Balaban J connectivity index is 2.28. The fraction of sp³-hybridized carbons (Fsp3) is 0.316. The predicted molar refractivity (Wildman–Crippen MR) is 111 cm³/mol. The van der Waals surface area contributed by atoms with Gasteiger partial charge in [-0.2, -0.15) is 0 Å². The van der Waals surface area contributed by atoms with Gasteiger partial charge in [0.05, 0.1) is 18.0 Å². The molecule has 2 aromatic carbocycles. The van der Waals surface area contributed by atoms with Crippen molar-refractivity contribution in [1.82, 2.24) is 5.32 Å². The molecule has 1 amide bonds. The standard InChI is InChI=1S/C19H22Cl2N2O3S/c1-12-5-7-15(8-6-12)13(2)22-19(24)14(3)23(27(4,25)26)18-10-16(20)9-17(21)11-18/h5-11,13-14H,1-4H3,(H,22,24)/t13-,14-/m0/s1. The number of nitrogens with zero attached hydrogens (tertiary/aromatic N) is 1. The van der Waals surface area contributed by atoms with Crippen LogP contribution in [0.1, 0.15) is 31.0 Å². The monoisotopic (exact) mass is 428 g/mol. The maximum Gasteiger partial charge on any atom is 0.244 e. The topological polar surface area (TPSA) is 66.5 Å². The maximum absolute atomic E-state index is 12.7. The lowest BCUT2D eigenvalue weighted by atomic mass is 10.1. The summed E-state index contributed by atoms with van der Waals surface area (Å²) >= 11 is 12.0. The van der Waals surface area contributed by atoms with Crippen molar-refractivity contribution in [2.45, 2.75) is 32.9 Å². The van der Waals surface area contributed by atoms with Crippen molar-refractivity contribution in [3.05, 3.63) is 63.6 Å². The number of nitrogens with one attached hydrogen (secondary N) is 1. The summed E-state index contributed by atoms with van der Waals surface area (Å²) in [6, 6.07) is 10.9. The molecule has 0 heterocycles. The van der Waals surface area contributed by atoms with Gasteiger partial charge in [-0.15, -0.1) is 0 Å². The van der Waals surface area contributed by atoms with Crippen LogP contribution in [0.2, 0.25) is 10.0 Å². The molecule has 0 aliphatic heterocycles. The van der Waals surface area contributed by atoms with E-state index >= 15 is 0 Å². The highest BCUT2D eigenvalue weighted by atomic mass is 35.5. The number of amides is 1. The molecule has 2 aromatic rings. The molecule has 0 fully saturated rings. The smallest absolute Gasteiger partial charge is 0.244 e. The highest BCUT2D eigenvalue weighted by Gasteiger charge is 2.30. The molecule has 27 heavy (non-hydrogen) atoms. The number of carbonyl (C=O) groups excluding carboxylic acids is 1. The third-order valence-electron chi connectivity index (χ3n) is 4.13. The second kappa shape index (κ2) is 8.50. The van der Waals surface area contributed by atoms with E-state index in [4.69, 9.17) is 23.2 Å². The zero-order chi connectivity index (χ0) is 20.4. The van der Waals surface area contributed by atoms with Crippen molar-refractivity contribution in [3.8, 4) is 0 Å². The zero-order valence-electron chi connectivity index (χ0n) is 15.5. The van der Waals surface area contributed by atoms with Crippen LogP contribution < -0.4 is 9.62 Å². The fourth-order valence-corrected chi connectivity index (χ4v) is 4.42. The number of anilines is 1. The normalized spacial score (nSPS) is 13.7. The molecular formula is C19H22Cl2N2O3S. The molecule has 0 aromatic heterocycles. The average Bonchev–Trinajstić information content (AvgIpc) is 2.53. The minimum atomic E-state index is -3.75. The first kappa shape index (κ1) is 21.5. The Kier molecular flexibility index (Phi) is 6.78. The fourth-order valence-electron chi connectivity index (χ4n) is 2.75.